The average molecular weight is 386 g/mol. The Balaban J connectivity index is 1.49. The topological polar surface area (TPSA) is 36.4 Å². The molecule has 0 atom stereocenters. The second-order valence-electron chi connectivity index (χ2n) is 6.68. The zero-order valence-corrected chi connectivity index (χ0v) is 16.4. The van der Waals surface area contributed by atoms with Crippen LogP contribution in [0, 0.1) is 13.8 Å². The number of carbonyl (C=O) groups excluding carboxylic acids is 1. The lowest BCUT2D eigenvalue weighted by atomic mass is 10.1. The molecule has 3 aromatic rings. The fourth-order valence-corrected chi connectivity index (χ4v) is 4.81. The van der Waals surface area contributed by atoms with Crippen LogP contribution in [0.2, 0.25) is 5.02 Å². The van der Waals surface area contributed by atoms with Crippen LogP contribution in [0.1, 0.15) is 21.5 Å². The van der Waals surface area contributed by atoms with E-state index in [9.17, 15) is 4.79 Å². The van der Waals surface area contributed by atoms with Gasteiger partial charge in [0.2, 0.25) is 0 Å². The predicted molar refractivity (Wildman–Crippen MR) is 109 cm³/mol. The summed E-state index contributed by atoms with van der Waals surface area (Å²) in [5, 5.41) is 1.55. The van der Waals surface area contributed by atoms with E-state index in [1.54, 1.807) is 23.5 Å². The van der Waals surface area contributed by atoms with Gasteiger partial charge in [0.1, 0.15) is 0 Å². The van der Waals surface area contributed by atoms with Crippen molar-refractivity contribution in [3.63, 3.8) is 0 Å². The molecule has 0 spiro atoms. The molecule has 1 aliphatic rings. The SMILES string of the molecule is Cc1cc(C)c2nc(N3CCN(C(=O)c4ccccc4Cl)CC3)sc2c1. The van der Waals surface area contributed by atoms with E-state index in [4.69, 9.17) is 16.6 Å². The monoisotopic (exact) mass is 385 g/mol. The van der Waals surface area contributed by atoms with Crippen LogP contribution in [0.3, 0.4) is 0 Å². The molecule has 0 radical (unpaired) electrons. The van der Waals surface area contributed by atoms with E-state index in [0.717, 1.165) is 23.7 Å². The van der Waals surface area contributed by atoms with Gasteiger partial charge >= 0.3 is 0 Å². The Labute approximate surface area is 162 Å². The van der Waals surface area contributed by atoms with Crippen LogP contribution in [0.25, 0.3) is 10.2 Å². The Bertz CT molecular complexity index is 976. The van der Waals surface area contributed by atoms with Crippen LogP contribution in [-0.4, -0.2) is 42.0 Å². The number of aryl methyl sites for hydroxylation is 2. The summed E-state index contributed by atoms with van der Waals surface area (Å²) >= 11 is 7.90. The summed E-state index contributed by atoms with van der Waals surface area (Å²) in [6.45, 7) is 7.15. The lowest BCUT2D eigenvalue weighted by Gasteiger charge is -2.34. The Kier molecular flexibility index (Phi) is 4.59. The molecule has 1 aliphatic heterocycles. The number of aromatic nitrogens is 1. The van der Waals surface area contributed by atoms with E-state index in [-0.39, 0.29) is 5.91 Å². The van der Waals surface area contributed by atoms with Gasteiger partial charge in [-0.1, -0.05) is 41.1 Å². The maximum absolute atomic E-state index is 12.7. The van der Waals surface area contributed by atoms with Crippen LogP contribution >= 0.6 is 22.9 Å². The first-order valence-corrected chi connectivity index (χ1v) is 9.89. The number of benzene rings is 2. The number of amides is 1. The molecule has 0 bridgehead atoms. The molecule has 2 aromatic carbocycles. The van der Waals surface area contributed by atoms with Gasteiger partial charge in [-0.05, 0) is 43.2 Å². The molecule has 4 nitrogen and oxygen atoms in total. The minimum atomic E-state index is 0.00557. The number of piperazine rings is 1. The number of rotatable bonds is 2. The quantitative estimate of drug-likeness (QED) is 0.650. The first-order valence-electron chi connectivity index (χ1n) is 8.69. The third kappa shape index (κ3) is 3.17. The van der Waals surface area contributed by atoms with E-state index >= 15 is 0 Å². The van der Waals surface area contributed by atoms with E-state index in [1.807, 2.05) is 17.0 Å². The Morgan fingerprint density at radius 3 is 2.58 bits per heavy atom. The highest BCUT2D eigenvalue weighted by Crippen LogP contribution is 2.32. The fraction of sp³-hybridized carbons (Fsp3) is 0.300. The van der Waals surface area contributed by atoms with Gasteiger partial charge in [-0.25, -0.2) is 4.98 Å². The smallest absolute Gasteiger partial charge is 0.255 e. The van der Waals surface area contributed by atoms with Crippen LogP contribution in [0.5, 0.6) is 0 Å². The van der Waals surface area contributed by atoms with Gasteiger partial charge in [0.25, 0.3) is 5.91 Å². The maximum atomic E-state index is 12.7. The molecular weight excluding hydrogens is 366 g/mol. The molecule has 6 heteroatoms. The molecule has 26 heavy (non-hydrogen) atoms. The third-order valence-electron chi connectivity index (χ3n) is 4.76. The van der Waals surface area contributed by atoms with Gasteiger partial charge in [0.15, 0.2) is 5.13 Å². The summed E-state index contributed by atoms with van der Waals surface area (Å²) in [5.74, 6) is 0.00557. The van der Waals surface area contributed by atoms with Crippen LogP contribution in [0.15, 0.2) is 36.4 Å². The molecule has 1 amide bonds. The Hall–Kier alpha value is -2.11. The zero-order chi connectivity index (χ0) is 18.3. The number of halogens is 1. The summed E-state index contributed by atoms with van der Waals surface area (Å²) in [6.07, 6.45) is 0. The fourth-order valence-electron chi connectivity index (χ4n) is 3.40. The predicted octanol–water partition coefficient (Wildman–Crippen LogP) is 4.53. The van der Waals surface area contributed by atoms with E-state index < -0.39 is 0 Å². The molecule has 1 saturated heterocycles. The second kappa shape index (κ2) is 6.89. The third-order valence-corrected chi connectivity index (χ3v) is 6.15. The standard InChI is InChI=1S/C20H20ClN3OS/c1-13-11-14(2)18-17(12-13)26-20(22-18)24-9-7-23(8-10-24)19(25)15-5-3-4-6-16(15)21/h3-6,11-12H,7-10H2,1-2H3. The number of thiazole rings is 1. The summed E-state index contributed by atoms with van der Waals surface area (Å²) in [7, 11) is 0. The molecule has 134 valence electrons. The van der Waals surface area contributed by atoms with Gasteiger partial charge < -0.3 is 9.80 Å². The first kappa shape index (κ1) is 17.3. The average Bonchev–Trinajstić information content (AvgIpc) is 3.06. The Morgan fingerprint density at radius 1 is 1.12 bits per heavy atom. The molecule has 0 aliphatic carbocycles. The molecule has 1 fully saturated rings. The van der Waals surface area contributed by atoms with Crippen molar-refractivity contribution in [2.45, 2.75) is 13.8 Å². The molecule has 0 saturated carbocycles. The lowest BCUT2D eigenvalue weighted by Crippen LogP contribution is -2.48. The molecule has 1 aromatic heterocycles. The van der Waals surface area contributed by atoms with Crippen molar-refractivity contribution in [1.29, 1.82) is 0 Å². The van der Waals surface area contributed by atoms with E-state index in [1.165, 1.54) is 15.8 Å². The zero-order valence-electron chi connectivity index (χ0n) is 14.8. The van der Waals surface area contributed by atoms with Crippen molar-refractivity contribution in [3.05, 3.63) is 58.1 Å². The van der Waals surface area contributed by atoms with Crippen LogP contribution in [-0.2, 0) is 0 Å². The molecule has 2 heterocycles. The summed E-state index contributed by atoms with van der Waals surface area (Å²) in [4.78, 5) is 21.7. The van der Waals surface area contributed by atoms with Crippen molar-refractivity contribution < 1.29 is 4.79 Å². The second-order valence-corrected chi connectivity index (χ2v) is 8.10. The van der Waals surface area contributed by atoms with Crippen LogP contribution < -0.4 is 4.90 Å². The number of nitrogens with zero attached hydrogens (tertiary/aromatic N) is 3. The summed E-state index contributed by atoms with van der Waals surface area (Å²) < 4.78 is 1.23. The van der Waals surface area contributed by atoms with Crippen molar-refractivity contribution in [1.82, 2.24) is 9.88 Å². The molecule has 0 unspecified atom stereocenters. The minimum Gasteiger partial charge on any atom is -0.345 e. The highest BCUT2D eigenvalue weighted by molar-refractivity contribution is 7.22. The number of fused-ring (bicyclic) bond motifs is 1. The molecule has 0 N–H and O–H groups in total. The van der Waals surface area contributed by atoms with Gasteiger partial charge in [-0.2, -0.15) is 0 Å². The van der Waals surface area contributed by atoms with Crippen molar-refractivity contribution in [2.24, 2.45) is 0 Å². The number of carbonyl (C=O) groups is 1. The molecule has 4 rings (SSSR count). The van der Waals surface area contributed by atoms with Gasteiger partial charge in [-0.3, -0.25) is 4.79 Å². The number of hydrogen-bond acceptors (Lipinski definition) is 4. The highest BCUT2D eigenvalue weighted by Gasteiger charge is 2.25. The number of hydrogen-bond donors (Lipinski definition) is 0. The maximum Gasteiger partial charge on any atom is 0.255 e. The van der Waals surface area contributed by atoms with Crippen molar-refractivity contribution >= 4 is 44.2 Å². The number of anilines is 1. The first-order chi connectivity index (χ1) is 12.5. The van der Waals surface area contributed by atoms with Crippen molar-refractivity contribution in [2.75, 3.05) is 31.1 Å². The van der Waals surface area contributed by atoms with Crippen molar-refractivity contribution in [3.8, 4) is 0 Å². The van der Waals surface area contributed by atoms with Gasteiger partial charge in [-0.15, -0.1) is 0 Å². The molecular formula is C20H20ClN3OS. The Morgan fingerprint density at radius 2 is 1.85 bits per heavy atom. The minimum absolute atomic E-state index is 0.00557. The summed E-state index contributed by atoms with van der Waals surface area (Å²) in [6, 6.07) is 11.6. The van der Waals surface area contributed by atoms with Gasteiger partial charge in [0, 0.05) is 26.2 Å². The highest BCUT2D eigenvalue weighted by atomic mass is 35.5. The van der Waals surface area contributed by atoms with Crippen LogP contribution in [0.4, 0.5) is 5.13 Å². The van der Waals surface area contributed by atoms with E-state index in [2.05, 4.69) is 30.9 Å². The van der Waals surface area contributed by atoms with E-state index in [0.29, 0.717) is 23.7 Å². The normalized spacial score (nSPS) is 14.9. The van der Waals surface area contributed by atoms with Gasteiger partial charge in [0.05, 0.1) is 20.8 Å². The summed E-state index contributed by atoms with van der Waals surface area (Å²) in [5.41, 5.74) is 4.15. The lowest BCUT2D eigenvalue weighted by molar-refractivity contribution is 0.0747. The largest absolute Gasteiger partial charge is 0.345 e.